The molecule has 31 heavy (non-hydrogen) atoms. The minimum absolute atomic E-state index is 0.176. The summed E-state index contributed by atoms with van der Waals surface area (Å²) in [5.41, 5.74) is 2.78. The van der Waals surface area contributed by atoms with Crippen LogP contribution in [0.3, 0.4) is 0 Å². The topological polar surface area (TPSA) is 68.3 Å². The highest BCUT2D eigenvalue weighted by molar-refractivity contribution is 7.17. The van der Waals surface area contributed by atoms with Gasteiger partial charge in [0.1, 0.15) is 0 Å². The third-order valence-electron chi connectivity index (χ3n) is 5.02. The molecule has 0 N–H and O–H groups in total. The number of amides is 1. The Morgan fingerprint density at radius 2 is 1.90 bits per heavy atom. The molecule has 5 rings (SSSR count). The molecule has 0 aliphatic rings. The molecule has 0 fully saturated rings. The first-order chi connectivity index (χ1) is 15.0. The van der Waals surface area contributed by atoms with E-state index >= 15 is 0 Å². The van der Waals surface area contributed by atoms with E-state index in [0.717, 1.165) is 26.9 Å². The Morgan fingerprint density at radius 3 is 2.65 bits per heavy atom. The summed E-state index contributed by atoms with van der Waals surface area (Å²) in [4.78, 5) is 27.2. The lowest BCUT2D eigenvalue weighted by Crippen LogP contribution is -2.28. The minimum atomic E-state index is -0.228. The Hall–Kier alpha value is -3.30. The lowest BCUT2D eigenvalue weighted by Gasteiger charge is -2.15. The predicted octanol–water partition coefficient (Wildman–Crippen LogP) is 4.59. The van der Waals surface area contributed by atoms with E-state index in [2.05, 4.69) is 32.6 Å². The molecule has 4 aromatic heterocycles. The van der Waals surface area contributed by atoms with Crippen LogP contribution < -0.4 is 0 Å². The molecule has 0 unspecified atom stereocenters. The molecule has 156 valence electrons. The van der Waals surface area contributed by atoms with Gasteiger partial charge in [-0.3, -0.25) is 9.20 Å². The van der Waals surface area contributed by atoms with Crippen LogP contribution in [0.5, 0.6) is 0 Å². The number of imidazole rings is 1. The van der Waals surface area contributed by atoms with Gasteiger partial charge in [0.15, 0.2) is 10.8 Å². The van der Waals surface area contributed by atoms with Crippen molar-refractivity contribution in [1.82, 2.24) is 29.0 Å². The Balaban J connectivity index is 1.49. The Kier molecular flexibility index (Phi) is 4.91. The smallest absolute Gasteiger partial charge is 0.293 e. The number of carbonyl (C=O) groups is 1. The van der Waals surface area contributed by atoms with E-state index in [1.165, 1.54) is 4.88 Å². The number of rotatable bonds is 5. The van der Waals surface area contributed by atoms with Crippen LogP contribution in [0.25, 0.3) is 21.3 Å². The average molecular weight is 449 g/mol. The lowest BCUT2D eigenvalue weighted by atomic mass is 10.3. The number of fused-ring (bicyclic) bond motifs is 1. The van der Waals surface area contributed by atoms with Crippen molar-refractivity contribution in [2.45, 2.75) is 20.4 Å². The molecule has 4 heterocycles. The van der Waals surface area contributed by atoms with Gasteiger partial charge in [0.05, 0.1) is 28.5 Å². The summed E-state index contributed by atoms with van der Waals surface area (Å²) in [6.07, 6.45) is 2.06. The van der Waals surface area contributed by atoms with E-state index in [0.29, 0.717) is 12.4 Å². The summed E-state index contributed by atoms with van der Waals surface area (Å²) in [5.74, 6) is 0.609. The van der Waals surface area contributed by atoms with Crippen molar-refractivity contribution in [3.8, 4) is 16.4 Å². The average Bonchev–Trinajstić information content (AvgIpc) is 3.54. The number of hydrogen-bond acceptors (Lipinski definition) is 6. The number of carbonyl (C=O) groups excluding carboxylic acids is 1. The van der Waals surface area contributed by atoms with E-state index < -0.39 is 0 Å². The highest BCUT2D eigenvalue weighted by atomic mass is 32.1. The molecule has 0 saturated heterocycles. The van der Waals surface area contributed by atoms with Crippen LogP contribution in [0.4, 0.5) is 0 Å². The molecule has 7 nitrogen and oxygen atoms in total. The van der Waals surface area contributed by atoms with Gasteiger partial charge in [0, 0.05) is 18.1 Å². The van der Waals surface area contributed by atoms with Gasteiger partial charge in [-0.05, 0) is 37.4 Å². The number of thiophene rings is 1. The zero-order valence-corrected chi connectivity index (χ0v) is 18.9. The summed E-state index contributed by atoms with van der Waals surface area (Å²) in [6, 6.07) is 13.7. The van der Waals surface area contributed by atoms with Gasteiger partial charge in [-0.2, -0.15) is 0 Å². The zero-order valence-electron chi connectivity index (χ0n) is 17.3. The van der Waals surface area contributed by atoms with Gasteiger partial charge in [-0.25, -0.2) is 14.6 Å². The highest BCUT2D eigenvalue weighted by Gasteiger charge is 2.23. The second-order valence-electron chi connectivity index (χ2n) is 7.28. The van der Waals surface area contributed by atoms with Crippen molar-refractivity contribution >= 4 is 33.5 Å². The first kappa shape index (κ1) is 19.7. The van der Waals surface area contributed by atoms with Gasteiger partial charge in [-0.15, -0.1) is 27.8 Å². The van der Waals surface area contributed by atoms with Crippen LogP contribution in [0.2, 0.25) is 0 Å². The first-order valence-corrected chi connectivity index (χ1v) is 11.5. The Bertz CT molecular complexity index is 1360. The predicted molar refractivity (Wildman–Crippen MR) is 123 cm³/mol. The van der Waals surface area contributed by atoms with Gasteiger partial charge in [-0.1, -0.05) is 24.3 Å². The van der Waals surface area contributed by atoms with Gasteiger partial charge >= 0.3 is 0 Å². The third kappa shape index (κ3) is 3.55. The second-order valence-corrected chi connectivity index (χ2v) is 9.44. The normalized spacial score (nSPS) is 11.3. The molecule has 0 aliphatic heterocycles. The molecule has 0 bridgehead atoms. The van der Waals surface area contributed by atoms with Crippen molar-refractivity contribution in [3.05, 3.63) is 76.1 Å². The summed E-state index contributed by atoms with van der Waals surface area (Å²) in [7, 11) is 1.77. The lowest BCUT2D eigenvalue weighted by molar-refractivity contribution is 0.0771. The molecule has 5 aromatic rings. The van der Waals surface area contributed by atoms with E-state index in [9.17, 15) is 4.79 Å². The number of nitrogens with zero attached hydrogens (tertiary/aromatic N) is 6. The molecule has 0 atom stereocenters. The summed E-state index contributed by atoms with van der Waals surface area (Å²) >= 11 is 3.21. The first-order valence-electron chi connectivity index (χ1n) is 9.77. The molecule has 1 amide bonds. The van der Waals surface area contributed by atoms with E-state index in [1.54, 1.807) is 39.3 Å². The molecule has 0 saturated carbocycles. The molecule has 0 spiro atoms. The number of benzene rings is 1. The van der Waals surface area contributed by atoms with E-state index in [4.69, 9.17) is 0 Å². The van der Waals surface area contributed by atoms with Crippen molar-refractivity contribution in [3.63, 3.8) is 0 Å². The van der Waals surface area contributed by atoms with E-state index in [-0.39, 0.29) is 11.7 Å². The molecular formula is C22H20N6OS2. The second kappa shape index (κ2) is 7.75. The largest absolute Gasteiger partial charge is 0.333 e. The van der Waals surface area contributed by atoms with Crippen molar-refractivity contribution in [2.75, 3.05) is 7.05 Å². The number of aryl methyl sites for hydroxylation is 2. The van der Waals surface area contributed by atoms with Crippen LogP contribution in [0.1, 0.15) is 26.9 Å². The van der Waals surface area contributed by atoms with Crippen molar-refractivity contribution in [1.29, 1.82) is 0 Å². The number of para-hydroxylation sites is 1. The summed E-state index contributed by atoms with van der Waals surface area (Å²) in [6.45, 7) is 4.45. The molecule has 0 aliphatic carbocycles. The van der Waals surface area contributed by atoms with Crippen LogP contribution in [-0.4, -0.2) is 42.0 Å². The van der Waals surface area contributed by atoms with Gasteiger partial charge in [0.2, 0.25) is 5.82 Å². The maximum atomic E-state index is 13.3. The molecular weight excluding hydrogens is 428 g/mol. The molecule has 1 aromatic carbocycles. The number of hydrogen-bond donors (Lipinski definition) is 0. The zero-order chi connectivity index (χ0) is 21.5. The van der Waals surface area contributed by atoms with Gasteiger partial charge < -0.3 is 4.90 Å². The number of thiazole rings is 1. The van der Waals surface area contributed by atoms with Crippen LogP contribution in [-0.2, 0) is 6.54 Å². The van der Waals surface area contributed by atoms with Crippen molar-refractivity contribution in [2.24, 2.45) is 0 Å². The van der Waals surface area contributed by atoms with Crippen molar-refractivity contribution < 1.29 is 4.79 Å². The molecule has 0 radical (unpaired) electrons. The fourth-order valence-electron chi connectivity index (χ4n) is 3.48. The minimum Gasteiger partial charge on any atom is -0.333 e. The SMILES string of the molecule is Cc1cn2c(CN(C)C(=O)c3nc(-c4cccs4)n(-c4ccccc4)n3)c(C)nc2s1. The Labute approximate surface area is 187 Å². The fourth-order valence-corrected chi connectivity index (χ4v) is 5.07. The maximum absolute atomic E-state index is 13.3. The quantitative estimate of drug-likeness (QED) is 0.394. The standard InChI is InChI=1S/C22H20N6OS2/c1-14-12-27-17(15(2)23-22(27)31-14)13-26(3)21(29)19-24-20(18-10-7-11-30-18)28(25-19)16-8-5-4-6-9-16/h4-12H,13H2,1-3H3. The monoisotopic (exact) mass is 448 g/mol. The van der Waals surface area contributed by atoms with Crippen LogP contribution in [0.15, 0.2) is 54.0 Å². The maximum Gasteiger partial charge on any atom is 0.293 e. The third-order valence-corrected chi connectivity index (χ3v) is 6.78. The van der Waals surface area contributed by atoms with Crippen LogP contribution >= 0.6 is 22.7 Å². The molecule has 9 heteroatoms. The summed E-state index contributed by atoms with van der Waals surface area (Å²) < 4.78 is 3.80. The number of aromatic nitrogens is 5. The van der Waals surface area contributed by atoms with Gasteiger partial charge in [0.25, 0.3) is 5.91 Å². The Morgan fingerprint density at radius 1 is 1.10 bits per heavy atom. The van der Waals surface area contributed by atoms with E-state index in [1.807, 2.05) is 54.8 Å². The fraction of sp³-hybridized carbons (Fsp3) is 0.182. The highest BCUT2D eigenvalue weighted by Crippen LogP contribution is 2.26. The van der Waals surface area contributed by atoms with Crippen LogP contribution in [0, 0.1) is 13.8 Å². The summed E-state index contributed by atoms with van der Waals surface area (Å²) in [5, 5.41) is 6.57.